The second-order valence-electron chi connectivity index (χ2n) is 4.99. The molecule has 2 aromatic rings. The molecule has 0 saturated heterocycles. The summed E-state index contributed by atoms with van der Waals surface area (Å²) in [4.78, 5) is 24.4. The molecule has 0 aliphatic carbocycles. The Balaban J connectivity index is 1.51. The predicted octanol–water partition coefficient (Wildman–Crippen LogP) is 3.62. The van der Waals surface area contributed by atoms with Crippen LogP contribution in [0, 0.1) is 0 Å². The first-order valence-electron chi connectivity index (χ1n) is 7.24. The van der Waals surface area contributed by atoms with E-state index in [0.717, 1.165) is 4.90 Å². The summed E-state index contributed by atoms with van der Waals surface area (Å²) in [5, 5.41) is 3.38. The molecule has 1 heterocycles. The zero-order valence-electron chi connectivity index (χ0n) is 12.6. The third kappa shape index (κ3) is 4.21. The van der Waals surface area contributed by atoms with Crippen molar-refractivity contribution in [1.29, 1.82) is 0 Å². The Kier molecular flexibility index (Phi) is 5.27. The van der Waals surface area contributed by atoms with E-state index < -0.39 is 5.97 Å². The molecule has 24 heavy (non-hydrogen) atoms. The zero-order valence-corrected chi connectivity index (χ0v) is 14.2. The first-order chi connectivity index (χ1) is 11.6. The van der Waals surface area contributed by atoms with E-state index in [1.54, 1.807) is 42.5 Å². The second kappa shape index (κ2) is 7.59. The molecule has 0 aromatic heterocycles. The van der Waals surface area contributed by atoms with Gasteiger partial charge in [-0.1, -0.05) is 11.6 Å². The zero-order chi connectivity index (χ0) is 16.9. The third-order valence-corrected chi connectivity index (χ3v) is 4.57. The molecule has 0 fully saturated rings. The van der Waals surface area contributed by atoms with Crippen LogP contribution in [0.15, 0.2) is 47.4 Å². The van der Waals surface area contributed by atoms with Gasteiger partial charge in [0.05, 0.1) is 17.0 Å². The largest absolute Gasteiger partial charge is 0.490 e. The number of hydrogen-bond donors (Lipinski definition) is 1. The molecule has 0 unspecified atom stereocenters. The Morgan fingerprint density at radius 3 is 2.75 bits per heavy atom. The van der Waals surface area contributed by atoms with Crippen molar-refractivity contribution in [3.63, 3.8) is 0 Å². The van der Waals surface area contributed by atoms with E-state index >= 15 is 0 Å². The average Bonchev–Trinajstić information content (AvgIpc) is 2.59. The number of ether oxygens (including phenoxy) is 2. The molecule has 2 aromatic carbocycles. The molecule has 7 heteroatoms. The Morgan fingerprint density at radius 1 is 1.17 bits per heavy atom. The lowest BCUT2D eigenvalue weighted by atomic mass is 10.2. The fraction of sp³-hybridized carbons (Fsp3) is 0.176. The topological polar surface area (TPSA) is 64.6 Å². The first-order valence-corrected chi connectivity index (χ1v) is 8.60. The van der Waals surface area contributed by atoms with Gasteiger partial charge in [0.15, 0.2) is 0 Å². The molecular weight excluding hydrogens is 350 g/mol. The Bertz CT molecular complexity index is 764. The summed E-state index contributed by atoms with van der Waals surface area (Å²) in [7, 11) is 0. The quantitative estimate of drug-likeness (QED) is 0.649. The molecule has 0 bridgehead atoms. The van der Waals surface area contributed by atoms with Gasteiger partial charge in [-0.2, -0.15) is 0 Å². The number of carbonyl (C=O) groups excluding carboxylic acids is 2. The van der Waals surface area contributed by atoms with Crippen molar-refractivity contribution in [3.8, 4) is 5.75 Å². The van der Waals surface area contributed by atoms with Crippen LogP contribution in [0.5, 0.6) is 5.75 Å². The van der Waals surface area contributed by atoms with E-state index in [2.05, 4.69) is 5.32 Å². The molecule has 1 N–H and O–H groups in total. The molecule has 1 aliphatic rings. The van der Waals surface area contributed by atoms with Gasteiger partial charge in [-0.25, -0.2) is 4.79 Å². The standard InChI is InChI=1S/C17H14ClNO4S/c18-12-2-4-13(5-3-12)22-7-8-23-17(21)11-1-6-15-14(9-11)19-16(20)10-24-15/h1-6,9H,7-8,10H2,(H,19,20). The SMILES string of the molecule is O=C1CSc2ccc(C(=O)OCCOc3ccc(Cl)cc3)cc2N1. The lowest BCUT2D eigenvalue weighted by Gasteiger charge is -2.16. The fourth-order valence-corrected chi connectivity index (χ4v) is 3.03. The van der Waals surface area contributed by atoms with E-state index in [-0.39, 0.29) is 19.1 Å². The Hall–Kier alpha value is -2.18. The van der Waals surface area contributed by atoms with Gasteiger partial charge in [0.1, 0.15) is 19.0 Å². The monoisotopic (exact) mass is 363 g/mol. The van der Waals surface area contributed by atoms with Gasteiger partial charge in [-0.3, -0.25) is 4.79 Å². The van der Waals surface area contributed by atoms with Crippen LogP contribution >= 0.6 is 23.4 Å². The normalized spacial score (nSPS) is 13.0. The Morgan fingerprint density at radius 2 is 1.96 bits per heavy atom. The molecule has 0 radical (unpaired) electrons. The predicted molar refractivity (Wildman–Crippen MR) is 93.0 cm³/mol. The van der Waals surface area contributed by atoms with E-state index in [1.165, 1.54) is 11.8 Å². The molecule has 3 rings (SSSR count). The molecule has 124 valence electrons. The summed E-state index contributed by atoms with van der Waals surface area (Å²) in [5.74, 6) is 0.513. The summed E-state index contributed by atoms with van der Waals surface area (Å²) < 4.78 is 10.6. The van der Waals surface area contributed by atoms with Gasteiger partial charge in [0, 0.05) is 9.92 Å². The summed E-state index contributed by atoms with van der Waals surface area (Å²) in [6.07, 6.45) is 0. The highest BCUT2D eigenvalue weighted by atomic mass is 35.5. The molecule has 1 amide bonds. The van der Waals surface area contributed by atoms with Gasteiger partial charge in [0.2, 0.25) is 5.91 Å². The van der Waals surface area contributed by atoms with Crippen molar-refractivity contribution in [2.45, 2.75) is 4.90 Å². The maximum absolute atomic E-state index is 12.1. The van der Waals surface area contributed by atoms with Gasteiger partial charge in [-0.15, -0.1) is 11.8 Å². The number of esters is 1. The summed E-state index contributed by atoms with van der Waals surface area (Å²) in [5.41, 5.74) is 1.03. The van der Waals surface area contributed by atoms with Crippen molar-refractivity contribution in [2.75, 3.05) is 24.3 Å². The van der Waals surface area contributed by atoms with Gasteiger partial charge < -0.3 is 14.8 Å². The minimum atomic E-state index is -0.456. The first kappa shape index (κ1) is 16.7. The molecular formula is C17H14ClNO4S. The number of carbonyl (C=O) groups is 2. The molecule has 5 nitrogen and oxygen atoms in total. The van der Waals surface area contributed by atoms with Gasteiger partial charge in [-0.05, 0) is 42.5 Å². The van der Waals surface area contributed by atoms with E-state index in [1.807, 2.05) is 0 Å². The number of halogens is 1. The molecule has 1 aliphatic heterocycles. The maximum atomic E-state index is 12.1. The lowest BCUT2D eigenvalue weighted by molar-refractivity contribution is -0.113. The summed E-state index contributed by atoms with van der Waals surface area (Å²) in [6, 6.07) is 12.1. The average molecular weight is 364 g/mol. The number of hydrogen-bond acceptors (Lipinski definition) is 5. The maximum Gasteiger partial charge on any atom is 0.338 e. The molecule has 0 spiro atoms. The molecule has 0 saturated carbocycles. The van der Waals surface area contributed by atoms with Crippen LogP contribution in [-0.4, -0.2) is 30.8 Å². The summed E-state index contributed by atoms with van der Waals surface area (Å²) in [6.45, 7) is 0.366. The second-order valence-corrected chi connectivity index (χ2v) is 6.44. The van der Waals surface area contributed by atoms with Crippen LogP contribution in [-0.2, 0) is 9.53 Å². The lowest BCUT2D eigenvalue weighted by Crippen LogP contribution is -2.19. The number of nitrogens with one attached hydrogen (secondary N) is 1. The van der Waals surface area contributed by atoms with Gasteiger partial charge >= 0.3 is 5.97 Å². The van der Waals surface area contributed by atoms with Crippen LogP contribution in [0.3, 0.4) is 0 Å². The van der Waals surface area contributed by atoms with E-state index in [9.17, 15) is 9.59 Å². The van der Waals surface area contributed by atoms with E-state index in [4.69, 9.17) is 21.1 Å². The number of rotatable bonds is 5. The number of amides is 1. The minimum absolute atomic E-state index is 0.0746. The van der Waals surface area contributed by atoms with Crippen molar-refractivity contribution < 1.29 is 19.1 Å². The third-order valence-electron chi connectivity index (χ3n) is 3.25. The van der Waals surface area contributed by atoms with Crippen LogP contribution in [0.4, 0.5) is 5.69 Å². The number of fused-ring (bicyclic) bond motifs is 1. The highest BCUT2D eigenvalue weighted by Crippen LogP contribution is 2.32. The van der Waals surface area contributed by atoms with Crippen LogP contribution in [0.1, 0.15) is 10.4 Å². The number of anilines is 1. The van der Waals surface area contributed by atoms with Gasteiger partial charge in [0.25, 0.3) is 0 Å². The van der Waals surface area contributed by atoms with E-state index in [0.29, 0.717) is 27.8 Å². The van der Waals surface area contributed by atoms with Crippen LogP contribution < -0.4 is 10.1 Å². The number of benzene rings is 2. The van der Waals surface area contributed by atoms with Crippen molar-refractivity contribution in [3.05, 3.63) is 53.1 Å². The van der Waals surface area contributed by atoms with Crippen LogP contribution in [0.2, 0.25) is 5.02 Å². The van der Waals surface area contributed by atoms with Crippen molar-refractivity contribution in [2.24, 2.45) is 0 Å². The summed E-state index contributed by atoms with van der Waals surface area (Å²) >= 11 is 7.23. The highest BCUT2D eigenvalue weighted by Gasteiger charge is 2.17. The Labute approximate surface area is 148 Å². The van der Waals surface area contributed by atoms with Crippen molar-refractivity contribution >= 4 is 40.9 Å². The van der Waals surface area contributed by atoms with Crippen LogP contribution in [0.25, 0.3) is 0 Å². The fourth-order valence-electron chi connectivity index (χ4n) is 2.12. The molecule has 0 atom stereocenters. The van der Waals surface area contributed by atoms with Crippen molar-refractivity contribution in [1.82, 2.24) is 0 Å². The highest BCUT2D eigenvalue weighted by molar-refractivity contribution is 8.00. The minimum Gasteiger partial charge on any atom is -0.490 e. The smallest absolute Gasteiger partial charge is 0.338 e. The number of thioether (sulfide) groups is 1.